The first-order chi connectivity index (χ1) is 15.0. The second-order valence-electron chi connectivity index (χ2n) is 7.15. The van der Waals surface area contributed by atoms with Crippen molar-refractivity contribution in [3.63, 3.8) is 0 Å². The Hall–Kier alpha value is -2.91. The lowest BCUT2D eigenvalue weighted by Gasteiger charge is -2.09. The van der Waals surface area contributed by atoms with Gasteiger partial charge in [0, 0.05) is 17.1 Å². The number of aromatic nitrogens is 4. The van der Waals surface area contributed by atoms with Gasteiger partial charge in [-0.3, -0.25) is 9.36 Å². The molecular weight excluding hydrogens is 430 g/mol. The van der Waals surface area contributed by atoms with Crippen molar-refractivity contribution in [2.45, 2.75) is 44.1 Å². The minimum Gasteiger partial charge on any atom is -0.461 e. The van der Waals surface area contributed by atoms with Crippen molar-refractivity contribution < 1.29 is 9.21 Å². The summed E-state index contributed by atoms with van der Waals surface area (Å²) in [6.45, 7) is 6.07. The number of nitrogens with zero attached hydrogens (tertiary/aromatic N) is 4. The lowest BCUT2D eigenvalue weighted by Crippen LogP contribution is -2.32. The zero-order valence-corrected chi connectivity index (χ0v) is 19.2. The molecule has 7 nitrogen and oxygen atoms in total. The molecule has 1 unspecified atom stereocenters. The molecule has 3 heterocycles. The van der Waals surface area contributed by atoms with Gasteiger partial charge in [-0.15, -0.1) is 21.5 Å². The molecule has 0 aliphatic carbocycles. The second-order valence-corrected chi connectivity index (χ2v) is 9.04. The Morgan fingerprint density at radius 1 is 1.26 bits per heavy atom. The van der Waals surface area contributed by atoms with E-state index >= 15 is 0 Å². The molecule has 1 aromatic carbocycles. The fourth-order valence-corrected chi connectivity index (χ4v) is 4.61. The van der Waals surface area contributed by atoms with Gasteiger partial charge in [-0.1, -0.05) is 36.4 Å². The normalized spacial score (nSPS) is 12.1. The molecule has 0 bridgehead atoms. The molecule has 1 N–H and O–H groups in total. The van der Waals surface area contributed by atoms with Gasteiger partial charge < -0.3 is 9.73 Å². The molecule has 1 atom stereocenters. The molecule has 9 heteroatoms. The van der Waals surface area contributed by atoms with Gasteiger partial charge in [-0.2, -0.15) is 0 Å². The van der Waals surface area contributed by atoms with Gasteiger partial charge in [0.2, 0.25) is 5.82 Å². The standard InChI is InChI=1S/C22H23N5O2S2/c1-4-15(3)23-21(28)17-12-30-19(24-17)13-31-22-26-25-20(18-6-5-11-29-18)27(22)16-9-7-14(2)8-10-16/h5-12,15H,4,13H2,1-3H3,(H,23,28). The Kier molecular flexibility index (Phi) is 6.53. The number of benzene rings is 1. The van der Waals surface area contributed by atoms with E-state index in [0.29, 0.717) is 23.0 Å². The molecule has 0 fully saturated rings. The zero-order valence-electron chi connectivity index (χ0n) is 17.5. The number of furan rings is 1. The fraction of sp³-hybridized carbons (Fsp3) is 0.273. The smallest absolute Gasteiger partial charge is 0.270 e. The minimum absolute atomic E-state index is 0.125. The van der Waals surface area contributed by atoms with Crippen molar-refractivity contribution in [2.24, 2.45) is 0 Å². The summed E-state index contributed by atoms with van der Waals surface area (Å²) in [4.78, 5) is 16.8. The molecular formula is C22H23N5O2S2. The van der Waals surface area contributed by atoms with Crippen molar-refractivity contribution in [3.05, 3.63) is 64.3 Å². The highest BCUT2D eigenvalue weighted by atomic mass is 32.2. The Bertz CT molecular complexity index is 1150. The number of aryl methyl sites for hydroxylation is 1. The zero-order chi connectivity index (χ0) is 21.8. The molecule has 31 heavy (non-hydrogen) atoms. The molecule has 0 spiro atoms. The molecule has 0 saturated heterocycles. The van der Waals surface area contributed by atoms with E-state index in [-0.39, 0.29) is 11.9 Å². The van der Waals surface area contributed by atoms with Crippen LogP contribution < -0.4 is 5.32 Å². The number of thiazole rings is 1. The van der Waals surface area contributed by atoms with E-state index in [1.165, 1.54) is 28.7 Å². The summed E-state index contributed by atoms with van der Waals surface area (Å²) in [5, 5.41) is 15.1. The quantitative estimate of drug-likeness (QED) is 0.373. The van der Waals surface area contributed by atoms with Crippen LogP contribution in [0.25, 0.3) is 17.3 Å². The van der Waals surface area contributed by atoms with Gasteiger partial charge in [0.15, 0.2) is 10.9 Å². The van der Waals surface area contributed by atoms with Crippen molar-refractivity contribution >= 4 is 29.0 Å². The van der Waals surface area contributed by atoms with Gasteiger partial charge >= 0.3 is 0 Å². The first-order valence-electron chi connectivity index (χ1n) is 9.99. The van der Waals surface area contributed by atoms with E-state index in [1.54, 1.807) is 11.6 Å². The molecule has 0 aliphatic heterocycles. The highest BCUT2D eigenvalue weighted by Gasteiger charge is 2.19. The van der Waals surface area contributed by atoms with E-state index in [2.05, 4.69) is 39.6 Å². The lowest BCUT2D eigenvalue weighted by atomic mass is 10.2. The number of hydrogen-bond donors (Lipinski definition) is 1. The van der Waals surface area contributed by atoms with Crippen LogP contribution in [0.15, 0.2) is 57.6 Å². The topological polar surface area (TPSA) is 85.8 Å². The van der Waals surface area contributed by atoms with Crippen molar-refractivity contribution in [2.75, 3.05) is 0 Å². The maximum absolute atomic E-state index is 12.3. The highest BCUT2D eigenvalue weighted by molar-refractivity contribution is 7.98. The number of thioether (sulfide) groups is 1. The summed E-state index contributed by atoms with van der Waals surface area (Å²) in [6, 6.07) is 12.0. The lowest BCUT2D eigenvalue weighted by molar-refractivity contribution is 0.0935. The predicted molar refractivity (Wildman–Crippen MR) is 123 cm³/mol. The van der Waals surface area contributed by atoms with Crippen molar-refractivity contribution in [3.8, 4) is 17.3 Å². The van der Waals surface area contributed by atoms with Crippen LogP contribution in [0.3, 0.4) is 0 Å². The number of nitrogens with one attached hydrogen (secondary N) is 1. The summed E-state index contributed by atoms with van der Waals surface area (Å²) < 4.78 is 7.54. The van der Waals surface area contributed by atoms with Gasteiger partial charge in [0.25, 0.3) is 5.91 Å². The minimum atomic E-state index is -0.134. The molecule has 3 aromatic heterocycles. The van der Waals surface area contributed by atoms with Gasteiger partial charge in [0.1, 0.15) is 10.7 Å². The van der Waals surface area contributed by atoms with Crippen LogP contribution in [0.5, 0.6) is 0 Å². The van der Waals surface area contributed by atoms with Gasteiger partial charge in [-0.25, -0.2) is 4.98 Å². The molecule has 4 rings (SSSR count). The SMILES string of the molecule is CCC(C)NC(=O)c1csc(CSc2nnc(-c3ccco3)n2-c2ccc(C)cc2)n1. The number of carbonyl (C=O) groups is 1. The van der Waals surface area contributed by atoms with Crippen LogP contribution in [0.4, 0.5) is 0 Å². The third-order valence-electron chi connectivity index (χ3n) is 4.77. The summed E-state index contributed by atoms with van der Waals surface area (Å²) in [5.74, 6) is 1.75. The van der Waals surface area contributed by atoms with Crippen molar-refractivity contribution in [1.82, 2.24) is 25.1 Å². The van der Waals surface area contributed by atoms with Crippen LogP contribution in [0.2, 0.25) is 0 Å². The first-order valence-corrected chi connectivity index (χ1v) is 11.9. The van der Waals surface area contributed by atoms with Crippen LogP contribution in [-0.4, -0.2) is 31.7 Å². The summed E-state index contributed by atoms with van der Waals surface area (Å²) in [7, 11) is 0. The maximum atomic E-state index is 12.3. The second kappa shape index (κ2) is 9.49. The molecule has 1 amide bonds. The van der Waals surface area contributed by atoms with Crippen LogP contribution >= 0.6 is 23.1 Å². The largest absolute Gasteiger partial charge is 0.461 e. The summed E-state index contributed by atoms with van der Waals surface area (Å²) in [5.41, 5.74) is 2.59. The third-order valence-corrected chi connectivity index (χ3v) is 6.74. The van der Waals surface area contributed by atoms with E-state index in [9.17, 15) is 4.79 Å². The Morgan fingerprint density at radius 2 is 2.06 bits per heavy atom. The number of amides is 1. The van der Waals surface area contributed by atoms with E-state index in [4.69, 9.17) is 4.42 Å². The predicted octanol–water partition coefficient (Wildman–Crippen LogP) is 5.11. The van der Waals surface area contributed by atoms with Crippen LogP contribution in [0, 0.1) is 6.92 Å². The number of rotatable bonds is 8. The first kappa shape index (κ1) is 21.3. The average molecular weight is 454 g/mol. The summed E-state index contributed by atoms with van der Waals surface area (Å²) in [6.07, 6.45) is 2.50. The Morgan fingerprint density at radius 3 is 2.77 bits per heavy atom. The van der Waals surface area contributed by atoms with Gasteiger partial charge in [-0.05, 0) is 44.5 Å². The Balaban J connectivity index is 1.56. The number of hydrogen-bond acceptors (Lipinski definition) is 7. The van der Waals surface area contributed by atoms with Crippen LogP contribution in [-0.2, 0) is 5.75 Å². The molecule has 4 aromatic rings. The van der Waals surface area contributed by atoms with Crippen molar-refractivity contribution in [1.29, 1.82) is 0 Å². The van der Waals surface area contributed by atoms with E-state index < -0.39 is 0 Å². The third kappa shape index (κ3) is 4.88. The average Bonchev–Trinajstić information content (AvgIpc) is 3.52. The maximum Gasteiger partial charge on any atom is 0.270 e. The molecule has 0 radical (unpaired) electrons. The summed E-state index contributed by atoms with van der Waals surface area (Å²) >= 11 is 3.00. The Labute approximate surface area is 188 Å². The highest BCUT2D eigenvalue weighted by Crippen LogP contribution is 2.30. The van der Waals surface area contributed by atoms with Crippen LogP contribution in [0.1, 0.15) is 41.3 Å². The molecule has 0 saturated carbocycles. The monoisotopic (exact) mass is 453 g/mol. The number of carbonyl (C=O) groups excluding carboxylic acids is 1. The van der Waals surface area contributed by atoms with E-state index in [1.807, 2.05) is 42.7 Å². The molecule has 0 aliphatic rings. The molecule has 160 valence electrons. The van der Waals surface area contributed by atoms with E-state index in [0.717, 1.165) is 22.3 Å². The van der Waals surface area contributed by atoms with Gasteiger partial charge in [0.05, 0.1) is 12.0 Å². The fourth-order valence-electron chi connectivity index (χ4n) is 2.86.